The molecule has 0 radical (unpaired) electrons. The molecule has 0 aliphatic carbocycles. The van der Waals surface area contributed by atoms with Crippen LogP contribution in [0.2, 0.25) is 0 Å². The van der Waals surface area contributed by atoms with Crippen LogP contribution >= 0.6 is 0 Å². The van der Waals surface area contributed by atoms with Gasteiger partial charge in [-0.05, 0) is 12.0 Å². The highest BCUT2D eigenvalue weighted by Gasteiger charge is 1.96. The van der Waals surface area contributed by atoms with Crippen molar-refractivity contribution in [2.24, 2.45) is 5.73 Å². The van der Waals surface area contributed by atoms with Crippen LogP contribution in [0.4, 0.5) is 0 Å². The standard InChI is InChI=1S/C9H10O2.C3H7NO/c10-9(11)7-6-8-4-2-1-3-5-8;1-2-3(4)5/h1-5H,6-7H2,(H,10,11);2H2,1H3,(H2,4,5). The van der Waals surface area contributed by atoms with Gasteiger partial charge in [-0.1, -0.05) is 37.3 Å². The second-order valence-corrected chi connectivity index (χ2v) is 3.20. The number of nitrogens with two attached hydrogens (primary N) is 1. The normalized spacial score (nSPS) is 8.81. The Hall–Kier alpha value is -1.84. The van der Waals surface area contributed by atoms with Gasteiger partial charge in [-0.2, -0.15) is 0 Å². The second kappa shape index (κ2) is 8.47. The minimum atomic E-state index is -0.742. The molecule has 1 amide bonds. The Balaban J connectivity index is 0.000000385. The first-order chi connectivity index (χ1) is 7.56. The summed E-state index contributed by atoms with van der Waals surface area (Å²) in [5.74, 6) is -0.987. The lowest BCUT2D eigenvalue weighted by Crippen LogP contribution is -2.06. The first-order valence-corrected chi connectivity index (χ1v) is 5.10. The van der Waals surface area contributed by atoms with Crippen molar-refractivity contribution in [1.82, 2.24) is 0 Å². The van der Waals surface area contributed by atoms with Crippen LogP contribution in [0.5, 0.6) is 0 Å². The highest BCUT2D eigenvalue weighted by Crippen LogP contribution is 2.01. The number of rotatable bonds is 4. The molecule has 88 valence electrons. The van der Waals surface area contributed by atoms with E-state index in [1.807, 2.05) is 30.3 Å². The third-order valence-electron chi connectivity index (χ3n) is 1.82. The molecule has 0 bridgehead atoms. The maximum absolute atomic E-state index is 10.2. The largest absolute Gasteiger partial charge is 0.481 e. The maximum atomic E-state index is 10.2. The van der Waals surface area contributed by atoms with Gasteiger partial charge in [-0.3, -0.25) is 9.59 Å². The molecule has 3 N–H and O–H groups in total. The molecular formula is C12H17NO3. The molecule has 4 heteroatoms. The Kier molecular flexibility index (Phi) is 7.49. The topological polar surface area (TPSA) is 80.4 Å². The summed E-state index contributed by atoms with van der Waals surface area (Å²) in [5.41, 5.74) is 5.73. The van der Waals surface area contributed by atoms with Gasteiger partial charge in [-0.15, -0.1) is 0 Å². The highest BCUT2D eigenvalue weighted by molar-refractivity contribution is 5.73. The van der Waals surface area contributed by atoms with Crippen LogP contribution in [0.3, 0.4) is 0 Å². The van der Waals surface area contributed by atoms with Crippen LogP contribution in [-0.2, 0) is 16.0 Å². The lowest BCUT2D eigenvalue weighted by atomic mass is 10.1. The summed E-state index contributed by atoms with van der Waals surface area (Å²) in [4.78, 5) is 19.8. The maximum Gasteiger partial charge on any atom is 0.303 e. The van der Waals surface area contributed by atoms with Crippen LogP contribution in [0.1, 0.15) is 25.3 Å². The molecule has 1 aromatic rings. The van der Waals surface area contributed by atoms with Gasteiger partial charge in [0.1, 0.15) is 0 Å². The summed E-state index contributed by atoms with van der Waals surface area (Å²) >= 11 is 0. The Morgan fingerprint density at radius 1 is 1.25 bits per heavy atom. The smallest absolute Gasteiger partial charge is 0.303 e. The molecule has 0 fully saturated rings. The van der Waals surface area contributed by atoms with E-state index in [4.69, 9.17) is 5.11 Å². The van der Waals surface area contributed by atoms with Crippen molar-refractivity contribution < 1.29 is 14.7 Å². The molecule has 0 aliphatic heterocycles. The number of aliphatic carboxylic acids is 1. The van der Waals surface area contributed by atoms with E-state index in [0.29, 0.717) is 12.8 Å². The highest BCUT2D eigenvalue weighted by atomic mass is 16.4. The average Bonchev–Trinajstić information content (AvgIpc) is 2.28. The van der Waals surface area contributed by atoms with Crippen molar-refractivity contribution in [1.29, 1.82) is 0 Å². The SMILES string of the molecule is CCC(N)=O.O=C(O)CCc1ccccc1. The quantitative estimate of drug-likeness (QED) is 0.813. The molecule has 0 unspecified atom stereocenters. The summed E-state index contributed by atoms with van der Waals surface area (Å²) in [5, 5.41) is 8.37. The number of carboxylic acid groups (broad SMARTS) is 1. The van der Waals surface area contributed by atoms with Gasteiger partial charge in [0.15, 0.2) is 0 Å². The minimum Gasteiger partial charge on any atom is -0.481 e. The summed E-state index contributed by atoms with van der Waals surface area (Å²) in [7, 11) is 0. The molecule has 1 aromatic carbocycles. The summed E-state index contributed by atoms with van der Waals surface area (Å²) < 4.78 is 0. The number of amides is 1. The van der Waals surface area contributed by atoms with Gasteiger partial charge in [-0.25, -0.2) is 0 Å². The van der Waals surface area contributed by atoms with Gasteiger partial charge >= 0.3 is 5.97 Å². The van der Waals surface area contributed by atoms with E-state index in [-0.39, 0.29) is 12.3 Å². The van der Waals surface area contributed by atoms with Crippen molar-refractivity contribution in [3.63, 3.8) is 0 Å². The van der Waals surface area contributed by atoms with Crippen molar-refractivity contribution in [3.8, 4) is 0 Å². The summed E-state index contributed by atoms with van der Waals surface area (Å²) in [6.07, 6.45) is 1.28. The van der Waals surface area contributed by atoms with Crippen LogP contribution in [0.25, 0.3) is 0 Å². The van der Waals surface area contributed by atoms with Crippen LogP contribution in [0, 0.1) is 0 Å². The van der Waals surface area contributed by atoms with E-state index >= 15 is 0 Å². The predicted octanol–water partition coefficient (Wildman–Crippen LogP) is 1.59. The number of primary amides is 1. The van der Waals surface area contributed by atoms with E-state index in [1.54, 1.807) is 6.92 Å². The predicted molar refractivity (Wildman–Crippen MR) is 61.9 cm³/mol. The second-order valence-electron chi connectivity index (χ2n) is 3.20. The van der Waals surface area contributed by atoms with Gasteiger partial charge in [0, 0.05) is 12.8 Å². The number of hydrogen-bond acceptors (Lipinski definition) is 2. The van der Waals surface area contributed by atoms with Crippen LogP contribution in [-0.4, -0.2) is 17.0 Å². The summed E-state index contributed by atoms with van der Waals surface area (Å²) in [6.45, 7) is 1.72. The fourth-order valence-electron chi connectivity index (χ4n) is 0.896. The first kappa shape index (κ1) is 14.2. The van der Waals surface area contributed by atoms with Gasteiger partial charge in [0.25, 0.3) is 0 Å². The number of hydrogen-bond donors (Lipinski definition) is 2. The Labute approximate surface area is 95.1 Å². The van der Waals surface area contributed by atoms with Crippen molar-refractivity contribution in [3.05, 3.63) is 35.9 Å². The lowest BCUT2D eigenvalue weighted by Gasteiger charge is -1.95. The van der Waals surface area contributed by atoms with Crippen molar-refractivity contribution in [2.45, 2.75) is 26.2 Å². The molecule has 1 rings (SSSR count). The number of aryl methyl sites for hydroxylation is 1. The van der Waals surface area contributed by atoms with Crippen LogP contribution in [0.15, 0.2) is 30.3 Å². The number of carbonyl (C=O) groups excluding carboxylic acids is 1. The fraction of sp³-hybridized carbons (Fsp3) is 0.333. The van der Waals surface area contributed by atoms with Crippen LogP contribution < -0.4 is 5.73 Å². The molecule has 0 aromatic heterocycles. The van der Waals surface area contributed by atoms with E-state index in [2.05, 4.69) is 5.73 Å². The number of benzene rings is 1. The molecule has 0 saturated heterocycles. The van der Waals surface area contributed by atoms with E-state index in [0.717, 1.165) is 5.56 Å². The average molecular weight is 223 g/mol. The number of carboxylic acids is 1. The molecule has 0 atom stereocenters. The van der Waals surface area contributed by atoms with Crippen molar-refractivity contribution >= 4 is 11.9 Å². The molecule has 0 heterocycles. The Morgan fingerprint density at radius 3 is 2.12 bits per heavy atom. The molecule has 0 aliphatic rings. The van der Waals surface area contributed by atoms with Gasteiger partial charge in [0.2, 0.25) is 5.91 Å². The Morgan fingerprint density at radius 2 is 1.75 bits per heavy atom. The third kappa shape index (κ3) is 8.74. The Bertz CT molecular complexity index is 322. The monoisotopic (exact) mass is 223 g/mol. The lowest BCUT2D eigenvalue weighted by molar-refractivity contribution is -0.137. The molecular weight excluding hydrogens is 206 g/mol. The van der Waals surface area contributed by atoms with Gasteiger partial charge < -0.3 is 10.8 Å². The van der Waals surface area contributed by atoms with E-state index in [9.17, 15) is 9.59 Å². The fourth-order valence-corrected chi connectivity index (χ4v) is 0.896. The zero-order valence-electron chi connectivity index (χ0n) is 9.35. The van der Waals surface area contributed by atoms with E-state index in [1.165, 1.54) is 0 Å². The molecule has 16 heavy (non-hydrogen) atoms. The van der Waals surface area contributed by atoms with E-state index < -0.39 is 5.97 Å². The zero-order chi connectivity index (χ0) is 12.4. The first-order valence-electron chi connectivity index (χ1n) is 5.10. The third-order valence-corrected chi connectivity index (χ3v) is 1.82. The molecule has 0 spiro atoms. The molecule has 0 saturated carbocycles. The molecule has 4 nitrogen and oxygen atoms in total. The van der Waals surface area contributed by atoms with Crippen molar-refractivity contribution in [2.75, 3.05) is 0 Å². The number of carbonyl (C=O) groups is 2. The zero-order valence-corrected chi connectivity index (χ0v) is 9.35. The van der Waals surface area contributed by atoms with Gasteiger partial charge in [0.05, 0.1) is 0 Å². The minimum absolute atomic E-state index is 0.212. The summed E-state index contributed by atoms with van der Waals surface area (Å²) in [6, 6.07) is 9.62.